The molecule has 5 nitrogen and oxygen atoms in total. The maximum atomic E-state index is 13.3. The average Bonchev–Trinajstić information content (AvgIpc) is 3.07. The van der Waals surface area contributed by atoms with Crippen LogP contribution in [0.25, 0.3) is 32.8 Å². The Hall–Kier alpha value is -3.86. The maximum Gasteiger partial charge on any atom is 0.387 e. The van der Waals surface area contributed by atoms with Crippen molar-refractivity contribution in [3.05, 3.63) is 78.2 Å². The van der Waals surface area contributed by atoms with E-state index in [9.17, 15) is 13.2 Å². The van der Waals surface area contributed by atoms with Crippen LogP contribution in [0.4, 0.5) is 19.0 Å². The van der Waals surface area contributed by atoms with E-state index in [2.05, 4.69) is 19.5 Å². The van der Waals surface area contributed by atoms with Crippen LogP contribution in [-0.2, 0) is 0 Å². The van der Waals surface area contributed by atoms with E-state index in [4.69, 9.17) is 6.57 Å². The average molecular weight is 380 g/mol. The fourth-order valence-corrected chi connectivity index (χ4v) is 2.88. The molecule has 0 radical (unpaired) electrons. The zero-order valence-electron chi connectivity index (χ0n) is 14.2. The Morgan fingerprint density at radius 2 is 1.89 bits per heavy atom. The van der Waals surface area contributed by atoms with Gasteiger partial charge in [-0.2, -0.15) is 8.78 Å². The van der Waals surface area contributed by atoms with Gasteiger partial charge in [-0.1, -0.05) is 23.7 Å². The van der Waals surface area contributed by atoms with Crippen LogP contribution in [-0.4, -0.2) is 21.1 Å². The predicted molar refractivity (Wildman–Crippen MR) is 97.2 cm³/mol. The molecule has 4 rings (SSSR count). The Bertz CT molecular complexity index is 1200. The molecule has 0 bridgehead atoms. The van der Waals surface area contributed by atoms with E-state index in [0.717, 1.165) is 0 Å². The third-order valence-corrected chi connectivity index (χ3v) is 4.07. The molecule has 138 valence electrons. The van der Waals surface area contributed by atoms with Crippen molar-refractivity contribution in [3.63, 3.8) is 0 Å². The highest BCUT2D eigenvalue weighted by atomic mass is 19.3. The van der Waals surface area contributed by atoms with Crippen molar-refractivity contribution in [2.24, 2.45) is 0 Å². The van der Waals surface area contributed by atoms with Crippen LogP contribution in [0.15, 0.2) is 60.9 Å². The van der Waals surface area contributed by atoms with Crippen LogP contribution in [0.5, 0.6) is 5.75 Å². The second-order valence-corrected chi connectivity index (χ2v) is 5.81. The zero-order chi connectivity index (χ0) is 19.7. The Labute approximate surface area is 157 Å². The summed E-state index contributed by atoms with van der Waals surface area (Å²) in [4.78, 5) is 11.9. The monoisotopic (exact) mass is 380 g/mol. The van der Waals surface area contributed by atoms with E-state index in [1.54, 1.807) is 35.0 Å². The molecule has 0 saturated heterocycles. The lowest BCUT2D eigenvalue weighted by Gasteiger charge is -2.06. The van der Waals surface area contributed by atoms with Gasteiger partial charge >= 0.3 is 6.61 Å². The first kappa shape index (κ1) is 17.5. The number of fused-ring (bicyclic) bond motifs is 1. The van der Waals surface area contributed by atoms with Crippen molar-refractivity contribution in [1.82, 2.24) is 14.5 Å². The molecule has 2 heterocycles. The highest BCUT2D eigenvalue weighted by Gasteiger charge is 2.18. The van der Waals surface area contributed by atoms with E-state index in [0.29, 0.717) is 28.0 Å². The summed E-state index contributed by atoms with van der Waals surface area (Å²) in [5, 5.41) is 0. The van der Waals surface area contributed by atoms with Crippen molar-refractivity contribution in [1.29, 1.82) is 0 Å². The number of alkyl halides is 2. The molecule has 0 aliphatic carbocycles. The van der Waals surface area contributed by atoms with Gasteiger partial charge in [-0.15, -0.1) is 0 Å². The number of hydrogen-bond acceptors (Lipinski definition) is 3. The van der Waals surface area contributed by atoms with Gasteiger partial charge < -0.3 is 9.58 Å². The molecular weight excluding hydrogens is 369 g/mol. The lowest BCUT2D eigenvalue weighted by Crippen LogP contribution is -2.01. The summed E-state index contributed by atoms with van der Waals surface area (Å²) < 4.78 is 44.5. The maximum absolute atomic E-state index is 13.3. The van der Waals surface area contributed by atoms with Crippen LogP contribution < -0.4 is 4.74 Å². The van der Waals surface area contributed by atoms with E-state index in [-0.39, 0.29) is 17.4 Å². The number of benzene rings is 2. The minimum atomic E-state index is -2.93. The zero-order valence-corrected chi connectivity index (χ0v) is 14.2. The number of hydrogen-bond donors (Lipinski definition) is 0. The van der Waals surface area contributed by atoms with Crippen LogP contribution in [0.1, 0.15) is 0 Å². The van der Waals surface area contributed by atoms with Gasteiger partial charge in [0.2, 0.25) is 0 Å². The van der Waals surface area contributed by atoms with Gasteiger partial charge in [0, 0.05) is 17.4 Å². The molecule has 0 N–H and O–H groups in total. The molecule has 0 saturated carbocycles. The summed E-state index contributed by atoms with van der Waals surface area (Å²) in [5.74, 6) is -0.263. The molecule has 0 amide bonds. The predicted octanol–water partition coefficient (Wildman–Crippen LogP) is 5.38. The molecule has 0 fully saturated rings. The van der Waals surface area contributed by atoms with Crippen LogP contribution in [0.2, 0.25) is 0 Å². The Morgan fingerprint density at radius 1 is 1.11 bits per heavy atom. The van der Waals surface area contributed by atoms with Crippen molar-refractivity contribution in [3.8, 4) is 22.6 Å². The fourth-order valence-electron chi connectivity index (χ4n) is 2.88. The molecule has 0 spiro atoms. The number of rotatable bonds is 4. The summed E-state index contributed by atoms with van der Waals surface area (Å²) in [6, 6.07) is 12.0. The van der Waals surface area contributed by atoms with Gasteiger partial charge in [0.05, 0.1) is 6.20 Å². The van der Waals surface area contributed by atoms with Crippen molar-refractivity contribution < 1.29 is 17.9 Å². The second-order valence-electron chi connectivity index (χ2n) is 5.81. The Kier molecular flexibility index (Phi) is 4.41. The van der Waals surface area contributed by atoms with E-state index in [1.165, 1.54) is 30.5 Å². The number of aromatic nitrogens is 3. The van der Waals surface area contributed by atoms with Crippen LogP contribution in [0.3, 0.4) is 0 Å². The Balaban J connectivity index is 1.93. The SMILES string of the molecule is [C-]#[N+]c1cnc2c(-c3cccc(OC(F)F)c3)cn(-c3ccc(F)cc3)c2n1. The first-order chi connectivity index (χ1) is 13.5. The first-order valence-corrected chi connectivity index (χ1v) is 8.12. The third kappa shape index (κ3) is 3.25. The number of halogens is 3. The van der Waals surface area contributed by atoms with Gasteiger partial charge in [0.1, 0.15) is 17.1 Å². The minimum Gasteiger partial charge on any atom is -0.435 e. The highest BCUT2D eigenvalue weighted by molar-refractivity contribution is 5.92. The Morgan fingerprint density at radius 3 is 2.61 bits per heavy atom. The molecule has 8 heteroatoms. The quantitative estimate of drug-likeness (QED) is 0.447. The summed E-state index contributed by atoms with van der Waals surface area (Å²) in [7, 11) is 0. The van der Waals surface area contributed by atoms with Crippen molar-refractivity contribution in [2.75, 3.05) is 0 Å². The van der Waals surface area contributed by atoms with Crippen LogP contribution >= 0.6 is 0 Å². The minimum absolute atomic E-state index is 0.0147. The first-order valence-electron chi connectivity index (χ1n) is 8.12. The van der Waals surface area contributed by atoms with E-state index in [1.807, 2.05) is 0 Å². The molecule has 0 unspecified atom stereocenters. The lowest BCUT2D eigenvalue weighted by atomic mass is 10.1. The second kappa shape index (κ2) is 7.04. The smallest absolute Gasteiger partial charge is 0.387 e. The van der Waals surface area contributed by atoms with Gasteiger partial charge in [-0.25, -0.2) is 4.39 Å². The molecule has 28 heavy (non-hydrogen) atoms. The van der Waals surface area contributed by atoms with Gasteiger partial charge in [0.25, 0.3) is 11.5 Å². The number of nitrogens with zero attached hydrogens (tertiary/aromatic N) is 4. The van der Waals surface area contributed by atoms with Crippen molar-refractivity contribution in [2.45, 2.75) is 6.61 Å². The highest BCUT2D eigenvalue weighted by Crippen LogP contribution is 2.33. The van der Waals surface area contributed by atoms with Gasteiger partial charge in [-0.05, 0) is 42.0 Å². The third-order valence-electron chi connectivity index (χ3n) is 4.07. The normalized spacial score (nSPS) is 11.0. The summed E-state index contributed by atoms with van der Waals surface area (Å²) >= 11 is 0. The van der Waals surface area contributed by atoms with Crippen LogP contribution in [0, 0.1) is 12.4 Å². The topological polar surface area (TPSA) is 44.3 Å². The fraction of sp³-hybridized carbons (Fsp3) is 0.0500. The lowest BCUT2D eigenvalue weighted by molar-refractivity contribution is -0.0498. The molecule has 2 aromatic carbocycles. The van der Waals surface area contributed by atoms with Gasteiger partial charge in [0.15, 0.2) is 0 Å². The standard InChI is InChI=1S/C20H11F3N4O/c1-24-17-10-25-18-16(12-3-2-4-15(9-12)28-20(22)23)11-27(19(18)26-17)14-7-5-13(21)6-8-14/h2-11,20H. The van der Waals surface area contributed by atoms with E-state index >= 15 is 0 Å². The summed E-state index contributed by atoms with van der Waals surface area (Å²) in [6.45, 7) is 4.23. The summed E-state index contributed by atoms with van der Waals surface area (Å²) in [5.41, 5.74) is 2.70. The van der Waals surface area contributed by atoms with Gasteiger partial charge in [-0.3, -0.25) is 9.55 Å². The molecule has 2 aromatic heterocycles. The molecule has 0 aliphatic rings. The number of ether oxygens (including phenoxy) is 1. The van der Waals surface area contributed by atoms with Crippen molar-refractivity contribution >= 4 is 17.0 Å². The largest absolute Gasteiger partial charge is 0.435 e. The molecular formula is C20H11F3N4O. The summed E-state index contributed by atoms with van der Waals surface area (Å²) in [6.07, 6.45) is 3.06. The van der Waals surface area contributed by atoms with E-state index < -0.39 is 6.61 Å². The molecule has 0 aliphatic heterocycles. The molecule has 0 atom stereocenters. The molecule has 4 aromatic rings.